The molecule has 0 aromatic carbocycles. The minimum atomic E-state index is -0.363. The molecule has 17 heavy (non-hydrogen) atoms. The summed E-state index contributed by atoms with van der Waals surface area (Å²) in [4.78, 5) is 15.9. The number of rotatable bonds is 3. The molecule has 1 N–H and O–H groups in total. The van der Waals surface area contributed by atoms with Crippen molar-refractivity contribution in [3.8, 4) is 5.75 Å². The van der Waals surface area contributed by atoms with Gasteiger partial charge in [-0.2, -0.15) is 0 Å². The van der Waals surface area contributed by atoms with Crippen LogP contribution in [-0.2, 0) is 9.53 Å². The van der Waals surface area contributed by atoms with Crippen molar-refractivity contribution < 1.29 is 14.3 Å². The Labute approximate surface area is 100 Å². The maximum atomic E-state index is 11.8. The smallest absolute Gasteiger partial charge is 0.254 e. The summed E-state index contributed by atoms with van der Waals surface area (Å²) in [6.45, 7) is 1.97. The number of anilines is 1. The number of amides is 1. The van der Waals surface area contributed by atoms with Gasteiger partial charge in [-0.05, 0) is 25.8 Å². The summed E-state index contributed by atoms with van der Waals surface area (Å²) in [6, 6.07) is 3.40. The van der Waals surface area contributed by atoms with Gasteiger partial charge in [-0.25, -0.2) is 4.98 Å². The van der Waals surface area contributed by atoms with E-state index in [4.69, 9.17) is 9.47 Å². The van der Waals surface area contributed by atoms with E-state index in [9.17, 15) is 4.79 Å². The van der Waals surface area contributed by atoms with Gasteiger partial charge in [0, 0.05) is 12.3 Å². The van der Waals surface area contributed by atoms with Gasteiger partial charge in [-0.15, -0.1) is 0 Å². The Balaban J connectivity index is 1.98. The lowest BCUT2D eigenvalue weighted by molar-refractivity contribution is -0.126. The largest absolute Gasteiger partial charge is 0.497 e. The third-order valence-corrected chi connectivity index (χ3v) is 2.74. The second-order valence-corrected chi connectivity index (χ2v) is 4.08. The highest BCUT2D eigenvalue weighted by Crippen LogP contribution is 2.21. The van der Waals surface area contributed by atoms with E-state index in [0.717, 1.165) is 12.8 Å². The zero-order valence-corrected chi connectivity index (χ0v) is 9.97. The highest BCUT2D eigenvalue weighted by Gasteiger charge is 2.28. The predicted octanol–water partition coefficient (Wildman–Crippen LogP) is 1.60. The van der Waals surface area contributed by atoms with Crippen LogP contribution in [-0.4, -0.2) is 30.2 Å². The van der Waals surface area contributed by atoms with Gasteiger partial charge in [-0.1, -0.05) is 0 Å². The Bertz CT molecular complexity index is 408. The summed E-state index contributed by atoms with van der Waals surface area (Å²) in [7, 11) is 1.57. The van der Waals surface area contributed by atoms with Gasteiger partial charge < -0.3 is 14.8 Å². The summed E-state index contributed by atoms with van der Waals surface area (Å²) < 4.78 is 10.5. The van der Waals surface area contributed by atoms with E-state index in [0.29, 0.717) is 11.6 Å². The zero-order valence-electron chi connectivity index (χ0n) is 9.97. The van der Waals surface area contributed by atoms with E-state index >= 15 is 0 Å². The molecule has 0 spiro atoms. The summed E-state index contributed by atoms with van der Waals surface area (Å²) in [6.07, 6.45) is 3.06. The Morgan fingerprint density at radius 3 is 3.06 bits per heavy atom. The number of methoxy groups -OCH3 is 1. The minimum absolute atomic E-state index is 0.143. The molecule has 1 aliphatic heterocycles. The number of ether oxygens (including phenoxy) is 2. The molecule has 0 unspecified atom stereocenters. The number of pyridine rings is 1. The number of hydrogen-bond donors (Lipinski definition) is 1. The van der Waals surface area contributed by atoms with Gasteiger partial charge >= 0.3 is 0 Å². The number of aromatic nitrogens is 1. The zero-order chi connectivity index (χ0) is 12.3. The van der Waals surface area contributed by atoms with Gasteiger partial charge in [0.15, 0.2) is 0 Å². The first-order valence-corrected chi connectivity index (χ1v) is 5.65. The molecular weight excluding hydrogens is 220 g/mol. The summed E-state index contributed by atoms with van der Waals surface area (Å²) in [5.74, 6) is 1.00. The van der Waals surface area contributed by atoms with Crippen molar-refractivity contribution >= 4 is 11.7 Å². The van der Waals surface area contributed by atoms with Crippen molar-refractivity contribution in [2.45, 2.75) is 32.0 Å². The van der Waals surface area contributed by atoms with Gasteiger partial charge in [-0.3, -0.25) is 4.79 Å². The molecule has 1 fully saturated rings. The fourth-order valence-electron chi connectivity index (χ4n) is 1.81. The Kier molecular flexibility index (Phi) is 3.58. The predicted molar refractivity (Wildman–Crippen MR) is 63.0 cm³/mol. The second kappa shape index (κ2) is 5.14. The first-order chi connectivity index (χ1) is 8.19. The molecule has 5 heteroatoms. The molecule has 0 bridgehead atoms. The Morgan fingerprint density at radius 1 is 1.59 bits per heavy atom. The van der Waals surface area contributed by atoms with Gasteiger partial charge in [0.05, 0.1) is 13.2 Å². The molecule has 0 aliphatic carbocycles. The fraction of sp³-hybridized carbons (Fsp3) is 0.500. The van der Waals surface area contributed by atoms with Crippen LogP contribution in [0.4, 0.5) is 5.82 Å². The lowest BCUT2D eigenvalue weighted by Crippen LogP contribution is -2.28. The second-order valence-electron chi connectivity index (χ2n) is 4.08. The van der Waals surface area contributed by atoms with Gasteiger partial charge in [0.2, 0.25) is 0 Å². The topological polar surface area (TPSA) is 60.5 Å². The third kappa shape index (κ3) is 2.94. The van der Waals surface area contributed by atoms with Crippen LogP contribution >= 0.6 is 0 Å². The van der Waals surface area contributed by atoms with Crippen molar-refractivity contribution in [3.05, 3.63) is 18.3 Å². The van der Waals surface area contributed by atoms with Crippen LogP contribution in [0.15, 0.2) is 18.3 Å². The van der Waals surface area contributed by atoms with Crippen LogP contribution in [0.1, 0.15) is 19.8 Å². The average Bonchev–Trinajstić information content (AvgIpc) is 2.76. The maximum Gasteiger partial charge on any atom is 0.254 e. The van der Waals surface area contributed by atoms with E-state index in [1.807, 2.05) is 6.92 Å². The van der Waals surface area contributed by atoms with Crippen LogP contribution in [0.5, 0.6) is 5.75 Å². The first-order valence-electron chi connectivity index (χ1n) is 5.65. The highest BCUT2D eigenvalue weighted by molar-refractivity contribution is 5.93. The SMILES string of the molecule is COc1ccnc(NC(=O)[C@H]2CC[C@@H](C)O2)c1. The van der Waals surface area contributed by atoms with Gasteiger partial charge in [0.1, 0.15) is 17.7 Å². The van der Waals surface area contributed by atoms with Gasteiger partial charge in [0.25, 0.3) is 5.91 Å². The van der Waals surface area contributed by atoms with Crippen molar-refractivity contribution in [2.24, 2.45) is 0 Å². The van der Waals surface area contributed by atoms with Crippen molar-refractivity contribution in [1.29, 1.82) is 0 Å². The van der Waals surface area contributed by atoms with E-state index in [2.05, 4.69) is 10.3 Å². The summed E-state index contributed by atoms with van der Waals surface area (Å²) in [5, 5.41) is 2.72. The summed E-state index contributed by atoms with van der Waals surface area (Å²) >= 11 is 0. The molecule has 1 amide bonds. The number of carbonyl (C=O) groups is 1. The van der Waals surface area contributed by atoms with Crippen LogP contribution in [0.2, 0.25) is 0 Å². The molecule has 1 aromatic rings. The summed E-state index contributed by atoms with van der Waals surface area (Å²) in [5.41, 5.74) is 0. The highest BCUT2D eigenvalue weighted by atomic mass is 16.5. The van der Waals surface area contributed by atoms with E-state index in [1.54, 1.807) is 25.4 Å². The first kappa shape index (κ1) is 11.9. The average molecular weight is 236 g/mol. The lowest BCUT2D eigenvalue weighted by atomic mass is 10.2. The third-order valence-electron chi connectivity index (χ3n) is 2.74. The van der Waals surface area contributed by atoms with E-state index in [-0.39, 0.29) is 18.1 Å². The molecule has 5 nitrogen and oxygen atoms in total. The standard InChI is InChI=1S/C12H16N2O3/c1-8-3-4-10(17-8)12(15)14-11-7-9(16-2)5-6-13-11/h5-8,10H,3-4H2,1-2H3,(H,13,14,15)/t8-,10-/m1/s1. The molecule has 1 aliphatic rings. The van der Waals surface area contributed by atoms with Crippen LogP contribution < -0.4 is 10.1 Å². The van der Waals surface area contributed by atoms with Crippen LogP contribution in [0.25, 0.3) is 0 Å². The minimum Gasteiger partial charge on any atom is -0.497 e. The van der Waals surface area contributed by atoms with Crippen LogP contribution in [0.3, 0.4) is 0 Å². The normalized spacial score (nSPS) is 23.4. The Hall–Kier alpha value is -1.62. The molecule has 2 atom stereocenters. The molecule has 92 valence electrons. The molecule has 2 heterocycles. The molecular formula is C12H16N2O3. The molecule has 1 saturated heterocycles. The quantitative estimate of drug-likeness (QED) is 0.865. The molecule has 0 saturated carbocycles. The fourth-order valence-corrected chi connectivity index (χ4v) is 1.81. The van der Waals surface area contributed by atoms with Crippen LogP contribution in [0, 0.1) is 0 Å². The van der Waals surface area contributed by atoms with E-state index in [1.165, 1.54) is 0 Å². The number of nitrogens with zero attached hydrogens (tertiary/aromatic N) is 1. The number of carbonyl (C=O) groups excluding carboxylic acids is 1. The van der Waals surface area contributed by atoms with Crippen molar-refractivity contribution in [1.82, 2.24) is 4.98 Å². The van der Waals surface area contributed by atoms with Crippen molar-refractivity contribution in [2.75, 3.05) is 12.4 Å². The monoisotopic (exact) mass is 236 g/mol. The number of hydrogen-bond acceptors (Lipinski definition) is 4. The maximum absolute atomic E-state index is 11.8. The molecule has 0 radical (unpaired) electrons. The molecule has 2 rings (SSSR count). The lowest BCUT2D eigenvalue weighted by Gasteiger charge is -2.11. The van der Waals surface area contributed by atoms with Crippen molar-refractivity contribution in [3.63, 3.8) is 0 Å². The van der Waals surface area contributed by atoms with E-state index < -0.39 is 0 Å². The molecule has 1 aromatic heterocycles. The Morgan fingerprint density at radius 2 is 2.41 bits per heavy atom. The number of nitrogens with one attached hydrogen (secondary N) is 1.